The van der Waals surface area contributed by atoms with Crippen molar-refractivity contribution in [2.45, 2.75) is 0 Å². The standard InChI is InChI=1S/C5H5IN2O2S2/c6-1-3(9)7-8-4(10)2-12-5(8)11/h1-2H2,(H,7,9). The van der Waals surface area contributed by atoms with Crippen LogP contribution in [-0.2, 0) is 9.59 Å². The zero-order valence-corrected chi connectivity index (χ0v) is 9.66. The molecule has 0 spiro atoms. The van der Waals surface area contributed by atoms with E-state index < -0.39 is 0 Å². The average Bonchev–Trinajstić information content (AvgIpc) is 2.35. The maximum atomic E-state index is 11.0. The fraction of sp³-hybridized carbons (Fsp3) is 0.400. The van der Waals surface area contributed by atoms with Gasteiger partial charge in [0.1, 0.15) is 0 Å². The summed E-state index contributed by atoms with van der Waals surface area (Å²) in [4.78, 5) is 21.9. The molecular formula is C5H5IN2O2S2. The Morgan fingerprint density at radius 1 is 1.83 bits per heavy atom. The molecule has 0 aromatic heterocycles. The molecule has 1 aliphatic rings. The number of thioether (sulfide) groups is 1. The van der Waals surface area contributed by atoms with E-state index in [0.29, 0.717) is 14.5 Å². The molecule has 0 unspecified atom stereocenters. The van der Waals surface area contributed by atoms with Crippen molar-refractivity contribution < 1.29 is 9.59 Å². The Morgan fingerprint density at radius 2 is 2.50 bits per heavy atom. The highest BCUT2D eigenvalue weighted by molar-refractivity contribution is 14.1. The Bertz CT molecular complexity index is 230. The third-order valence-corrected chi connectivity index (χ3v) is 3.16. The zero-order chi connectivity index (χ0) is 9.14. The van der Waals surface area contributed by atoms with Crippen LogP contribution in [0.2, 0.25) is 0 Å². The molecule has 1 heterocycles. The van der Waals surface area contributed by atoms with Crippen LogP contribution < -0.4 is 5.43 Å². The summed E-state index contributed by atoms with van der Waals surface area (Å²) >= 11 is 8.01. The lowest BCUT2D eigenvalue weighted by molar-refractivity contribution is -0.132. The SMILES string of the molecule is O=C(CI)NN1C(=O)CSC1=S. The van der Waals surface area contributed by atoms with Crippen LogP contribution in [0.15, 0.2) is 0 Å². The van der Waals surface area contributed by atoms with Gasteiger partial charge in [0.15, 0.2) is 4.32 Å². The quantitative estimate of drug-likeness (QED) is 0.453. The predicted molar refractivity (Wildman–Crippen MR) is 58.9 cm³/mol. The molecule has 1 saturated heterocycles. The van der Waals surface area contributed by atoms with Gasteiger partial charge in [-0.1, -0.05) is 46.6 Å². The minimum Gasteiger partial charge on any atom is -0.272 e. The number of carbonyl (C=O) groups excluding carboxylic acids is 2. The fourth-order valence-electron chi connectivity index (χ4n) is 0.617. The van der Waals surface area contributed by atoms with Gasteiger partial charge in [0.05, 0.1) is 10.2 Å². The molecule has 0 bridgehead atoms. The molecule has 0 aliphatic carbocycles. The van der Waals surface area contributed by atoms with Crippen molar-refractivity contribution in [3.05, 3.63) is 0 Å². The summed E-state index contributed by atoms with van der Waals surface area (Å²) in [6, 6.07) is 0. The van der Waals surface area contributed by atoms with Crippen LogP contribution in [0.4, 0.5) is 0 Å². The zero-order valence-electron chi connectivity index (χ0n) is 5.87. The number of nitrogens with zero attached hydrogens (tertiary/aromatic N) is 1. The molecule has 1 rings (SSSR count). The van der Waals surface area contributed by atoms with E-state index in [1.807, 2.05) is 22.6 Å². The first-order valence-corrected chi connectivity index (χ1v) is 5.92. The number of hydrazine groups is 1. The molecule has 1 aliphatic heterocycles. The van der Waals surface area contributed by atoms with Crippen LogP contribution in [0.3, 0.4) is 0 Å². The number of hydrogen-bond donors (Lipinski definition) is 1. The van der Waals surface area contributed by atoms with Gasteiger partial charge >= 0.3 is 0 Å². The Kier molecular flexibility index (Phi) is 3.72. The van der Waals surface area contributed by atoms with Crippen molar-refractivity contribution >= 4 is 62.7 Å². The van der Waals surface area contributed by atoms with E-state index in [9.17, 15) is 9.59 Å². The summed E-state index contributed by atoms with van der Waals surface area (Å²) in [5.41, 5.74) is 2.40. The number of alkyl halides is 1. The summed E-state index contributed by atoms with van der Waals surface area (Å²) in [5, 5.41) is 1.13. The van der Waals surface area contributed by atoms with Gasteiger partial charge in [0.2, 0.25) is 5.91 Å². The average molecular weight is 316 g/mol. The first kappa shape index (κ1) is 10.2. The van der Waals surface area contributed by atoms with E-state index in [2.05, 4.69) is 5.43 Å². The molecule has 0 radical (unpaired) electrons. The van der Waals surface area contributed by atoms with Crippen molar-refractivity contribution in [2.24, 2.45) is 0 Å². The Labute approximate surface area is 92.5 Å². The number of halogens is 1. The second-order valence-corrected chi connectivity index (χ2v) is 4.32. The highest BCUT2D eigenvalue weighted by Gasteiger charge is 2.27. The molecule has 4 nitrogen and oxygen atoms in total. The van der Waals surface area contributed by atoms with Crippen LogP contribution in [0.25, 0.3) is 0 Å². The van der Waals surface area contributed by atoms with Gasteiger partial charge in [-0.15, -0.1) is 0 Å². The van der Waals surface area contributed by atoms with Crippen LogP contribution in [0, 0.1) is 0 Å². The lowest BCUT2D eigenvalue weighted by Gasteiger charge is -2.14. The highest BCUT2D eigenvalue weighted by atomic mass is 127. The van der Waals surface area contributed by atoms with Crippen molar-refractivity contribution in [1.29, 1.82) is 0 Å². The topological polar surface area (TPSA) is 49.4 Å². The summed E-state index contributed by atoms with van der Waals surface area (Å²) in [5.74, 6) is -0.0580. The predicted octanol–water partition coefficient (Wildman–Crippen LogP) is 0.313. The van der Waals surface area contributed by atoms with Crippen LogP contribution in [-0.4, -0.2) is 31.3 Å². The maximum Gasteiger partial charge on any atom is 0.257 e. The number of hydrogen-bond acceptors (Lipinski definition) is 4. The molecule has 7 heteroatoms. The number of thiocarbonyl (C=S) groups is 1. The van der Waals surface area contributed by atoms with Crippen LogP contribution in [0.5, 0.6) is 0 Å². The third kappa shape index (κ3) is 2.30. The third-order valence-electron chi connectivity index (χ3n) is 1.11. The van der Waals surface area contributed by atoms with Gasteiger partial charge in [-0.3, -0.25) is 15.0 Å². The molecule has 2 amide bonds. The van der Waals surface area contributed by atoms with E-state index in [0.717, 1.165) is 5.01 Å². The lowest BCUT2D eigenvalue weighted by atomic mass is 10.7. The first-order chi connectivity index (χ1) is 5.65. The van der Waals surface area contributed by atoms with Crippen molar-refractivity contribution in [2.75, 3.05) is 10.2 Å². The van der Waals surface area contributed by atoms with Crippen molar-refractivity contribution in [1.82, 2.24) is 10.4 Å². The first-order valence-electron chi connectivity index (χ1n) is 3.00. The van der Waals surface area contributed by atoms with Gasteiger partial charge in [-0.2, -0.15) is 0 Å². The highest BCUT2D eigenvalue weighted by Crippen LogP contribution is 2.16. The van der Waals surface area contributed by atoms with Crippen molar-refractivity contribution in [3.8, 4) is 0 Å². The van der Waals surface area contributed by atoms with E-state index in [-0.39, 0.29) is 11.8 Å². The number of nitrogens with one attached hydrogen (secondary N) is 1. The van der Waals surface area contributed by atoms with Crippen LogP contribution >= 0.6 is 46.6 Å². The van der Waals surface area contributed by atoms with Gasteiger partial charge in [-0.25, -0.2) is 5.01 Å². The summed E-state index contributed by atoms with van der Waals surface area (Å²) in [6.07, 6.45) is 0. The second kappa shape index (κ2) is 4.38. The molecular weight excluding hydrogens is 311 g/mol. The Hall–Kier alpha value is 0.110. The summed E-state index contributed by atoms with van der Waals surface area (Å²) in [7, 11) is 0. The van der Waals surface area contributed by atoms with E-state index >= 15 is 0 Å². The van der Waals surface area contributed by atoms with E-state index in [1.54, 1.807) is 0 Å². The molecule has 0 saturated carbocycles. The molecule has 0 atom stereocenters. The van der Waals surface area contributed by atoms with Gasteiger partial charge in [0, 0.05) is 0 Å². The lowest BCUT2D eigenvalue weighted by Crippen LogP contribution is -2.45. The number of carbonyl (C=O) groups is 2. The molecule has 0 aromatic carbocycles. The van der Waals surface area contributed by atoms with Crippen LogP contribution in [0.1, 0.15) is 0 Å². The number of rotatable bonds is 2. The molecule has 1 fully saturated rings. The fourth-order valence-corrected chi connectivity index (χ4v) is 1.76. The minimum atomic E-state index is -0.214. The summed E-state index contributed by atoms with van der Waals surface area (Å²) < 4.78 is 0.729. The number of amides is 2. The van der Waals surface area contributed by atoms with Gasteiger partial charge < -0.3 is 0 Å². The maximum absolute atomic E-state index is 11.0. The van der Waals surface area contributed by atoms with Crippen molar-refractivity contribution in [3.63, 3.8) is 0 Å². The molecule has 66 valence electrons. The van der Waals surface area contributed by atoms with E-state index in [1.165, 1.54) is 11.8 Å². The molecule has 1 N–H and O–H groups in total. The van der Waals surface area contributed by atoms with Gasteiger partial charge in [0.25, 0.3) is 5.91 Å². The second-order valence-electron chi connectivity index (χ2n) is 1.95. The largest absolute Gasteiger partial charge is 0.272 e. The minimum absolute atomic E-state index is 0.164. The smallest absolute Gasteiger partial charge is 0.257 e. The van der Waals surface area contributed by atoms with Gasteiger partial charge in [-0.05, 0) is 0 Å². The Morgan fingerprint density at radius 3 is 2.92 bits per heavy atom. The van der Waals surface area contributed by atoms with E-state index in [4.69, 9.17) is 12.2 Å². The summed E-state index contributed by atoms with van der Waals surface area (Å²) in [6.45, 7) is 0. The Balaban J connectivity index is 2.56. The monoisotopic (exact) mass is 316 g/mol. The molecule has 0 aromatic rings. The normalized spacial score (nSPS) is 16.9. The molecule has 12 heavy (non-hydrogen) atoms.